The Morgan fingerprint density at radius 1 is 1.32 bits per heavy atom. The largest absolute Gasteiger partial charge is 0.480 e. The van der Waals surface area contributed by atoms with E-state index in [4.69, 9.17) is 5.11 Å². The Labute approximate surface area is 113 Å². The van der Waals surface area contributed by atoms with Gasteiger partial charge >= 0.3 is 12.0 Å². The van der Waals surface area contributed by atoms with Crippen LogP contribution < -0.4 is 5.32 Å². The first kappa shape index (κ1) is 14.1. The van der Waals surface area contributed by atoms with E-state index in [1.54, 1.807) is 4.90 Å². The average molecular weight is 269 g/mol. The van der Waals surface area contributed by atoms with Crippen LogP contribution in [0.15, 0.2) is 0 Å². The molecule has 0 spiro atoms. The Balaban J connectivity index is 1.90. The Morgan fingerprint density at radius 2 is 2.05 bits per heavy atom. The van der Waals surface area contributed by atoms with Gasteiger partial charge in [0.25, 0.3) is 0 Å². The van der Waals surface area contributed by atoms with Crippen LogP contribution in [0.2, 0.25) is 0 Å². The summed E-state index contributed by atoms with van der Waals surface area (Å²) in [7, 11) is 2.15. The minimum atomic E-state index is -0.999. The highest BCUT2D eigenvalue weighted by Crippen LogP contribution is 2.29. The van der Waals surface area contributed by atoms with E-state index in [1.165, 1.54) is 13.3 Å². The van der Waals surface area contributed by atoms with E-state index < -0.39 is 12.0 Å². The quantitative estimate of drug-likeness (QED) is 0.769. The SMILES string of the molecule is C[C@H](NC(=O)N1CCC2C(CCCN2C)C1)C(=O)O. The molecular formula is C13H23N3O3. The minimum Gasteiger partial charge on any atom is -0.480 e. The summed E-state index contributed by atoms with van der Waals surface area (Å²) in [5.41, 5.74) is 0. The number of carboxylic acids is 1. The lowest BCUT2D eigenvalue weighted by Gasteiger charge is -2.45. The first-order chi connectivity index (χ1) is 8.99. The summed E-state index contributed by atoms with van der Waals surface area (Å²) in [5, 5.41) is 11.3. The van der Waals surface area contributed by atoms with Crippen LogP contribution in [0.4, 0.5) is 4.79 Å². The lowest BCUT2D eigenvalue weighted by Crippen LogP contribution is -2.56. The van der Waals surface area contributed by atoms with Crippen molar-refractivity contribution in [3.8, 4) is 0 Å². The van der Waals surface area contributed by atoms with Crippen LogP contribution in [0.25, 0.3) is 0 Å². The van der Waals surface area contributed by atoms with Gasteiger partial charge in [0.15, 0.2) is 0 Å². The number of fused-ring (bicyclic) bond motifs is 1. The van der Waals surface area contributed by atoms with Crippen LogP contribution in [-0.4, -0.2) is 65.7 Å². The number of nitrogens with zero attached hydrogens (tertiary/aromatic N) is 2. The first-order valence-electron chi connectivity index (χ1n) is 6.97. The number of nitrogens with one attached hydrogen (secondary N) is 1. The molecule has 2 N–H and O–H groups in total. The number of carbonyl (C=O) groups excluding carboxylic acids is 1. The highest BCUT2D eigenvalue weighted by atomic mass is 16.4. The molecule has 0 aliphatic carbocycles. The third kappa shape index (κ3) is 3.18. The monoisotopic (exact) mass is 269 g/mol. The van der Waals surface area contributed by atoms with Gasteiger partial charge in [0.1, 0.15) is 6.04 Å². The van der Waals surface area contributed by atoms with E-state index >= 15 is 0 Å². The predicted molar refractivity (Wildman–Crippen MR) is 71.0 cm³/mol. The Kier molecular flexibility index (Phi) is 4.29. The van der Waals surface area contributed by atoms with Crippen LogP contribution in [-0.2, 0) is 4.79 Å². The van der Waals surface area contributed by atoms with E-state index in [1.807, 2.05) is 0 Å². The number of likely N-dealkylation sites (tertiary alicyclic amines) is 2. The summed E-state index contributed by atoms with van der Waals surface area (Å²) >= 11 is 0. The molecule has 3 atom stereocenters. The van der Waals surface area contributed by atoms with E-state index in [-0.39, 0.29) is 6.03 Å². The van der Waals surface area contributed by atoms with Crippen molar-refractivity contribution in [3.63, 3.8) is 0 Å². The zero-order chi connectivity index (χ0) is 14.0. The molecule has 0 bridgehead atoms. The second kappa shape index (κ2) is 5.77. The van der Waals surface area contributed by atoms with Crippen molar-refractivity contribution in [1.29, 1.82) is 0 Å². The number of urea groups is 1. The molecule has 2 aliphatic rings. The molecule has 2 unspecified atom stereocenters. The van der Waals surface area contributed by atoms with Crippen molar-refractivity contribution >= 4 is 12.0 Å². The van der Waals surface area contributed by atoms with E-state index in [0.29, 0.717) is 18.5 Å². The first-order valence-corrected chi connectivity index (χ1v) is 6.97. The lowest BCUT2D eigenvalue weighted by atomic mass is 9.84. The molecule has 2 fully saturated rings. The Morgan fingerprint density at radius 3 is 2.74 bits per heavy atom. The van der Waals surface area contributed by atoms with Gasteiger partial charge in [-0.2, -0.15) is 0 Å². The van der Waals surface area contributed by atoms with Crippen molar-refractivity contribution in [3.05, 3.63) is 0 Å². The summed E-state index contributed by atoms with van der Waals surface area (Å²) in [6, 6.07) is -0.504. The normalized spacial score (nSPS) is 29.5. The number of hydrogen-bond acceptors (Lipinski definition) is 3. The maximum absolute atomic E-state index is 12.0. The van der Waals surface area contributed by atoms with Gasteiger partial charge in [-0.3, -0.25) is 4.79 Å². The molecule has 2 heterocycles. The smallest absolute Gasteiger partial charge is 0.325 e. The van der Waals surface area contributed by atoms with Gasteiger partial charge in [0.2, 0.25) is 0 Å². The molecule has 2 aliphatic heterocycles. The number of carbonyl (C=O) groups is 2. The lowest BCUT2D eigenvalue weighted by molar-refractivity contribution is -0.138. The fourth-order valence-corrected chi connectivity index (χ4v) is 3.18. The summed E-state index contributed by atoms with van der Waals surface area (Å²) in [6.07, 6.45) is 3.32. The number of carboxylic acid groups (broad SMARTS) is 1. The van der Waals surface area contributed by atoms with Gasteiger partial charge in [-0.15, -0.1) is 0 Å². The Bertz CT molecular complexity index is 361. The molecule has 108 valence electrons. The van der Waals surface area contributed by atoms with Gasteiger partial charge in [-0.05, 0) is 45.7 Å². The molecule has 0 aromatic rings. The van der Waals surface area contributed by atoms with Gasteiger partial charge < -0.3 is 20.2 Å². The van der Waals surface area contributed by atoms with Gasteiger partial charge in [-0.1, -0.05) is 0 Å². The average Bonchev–Trinajstić information content (AvgIpc) is 2.38. The van der Waals surface area contributed by atoms with Crippen LogP contribution in [0.5, 0.6) is 0 Å². The number of amides is 2. The van der Waals surface area contributed by atoms with Gasteiger partial charge in [-0.25, -0.2) is 4.79 Å². The summed E-state index contributed by atoms with van der Waals surface area (Å²) < 4.78 is 0. The second-order valence-electron chi connectivity index (χ2n) is 5.69. The maximum Gasteiger partial charge on any atom is 0.325 e. The third-order valence-corrected chi connectivity index (χ3v) is 4.34. The van der Waals surface area contributed by atoms with Crippen LogP contribution in [0.3, 0.4) is 0 Å². The molecule has 0 aromatic heterocycles. The fraction of sp³-hybridized carbons (Fsp3) is 0.846. The number of aliphatic carboxylic acids is 1. The zero-order valence-corrected chi connectivity index (χ0v) is 11.6. The highest BCUT2D eigenvalue weighted by molar-refractivity contribution is 5.82. The third-order valence-electron chi connectivity index (χ3n) is 4.34. The summed E-state index contributed by atoms with van der Waals surface area (Å²) in [5.74, 6) is -0.473. The molecule has 6 nitrogen and oxygen atoms in total. The standard InChI is InChI=1S/C13H23N3O3/c1-9(12(17)18)14-13(19)16-7-5-11-10(8-16)4-3-6-15(11)2/h9-11H,3-8H2,1-2H3,(H,14,19)(H,17,18)/t9-,10?,11?/m0/s1. The molecule has 2 saturated heterocycles. The number of piperidine rings is 2. The molecule has 0 radical (unpaired) electrons. The topological polar surface area (TPSA) is 72.9 Å². The molecule has 0 saturated carbocycles. The van der Waals surface area contributed by atoms with Crippen molar-refractivity contribution in [2.45, 2.75) is 38.3 Å². The van der Waals surface area contributed by atoms with Gasteiger partial charge in [0.05, 0.1) is 0 Å². The summed E-state index contributed by atoms with van der Waals surface area (Å²) in [6.45, 7) is 4.08. The summed E-state index contributed by atoms with van der Waals surface area (Å²) in [4.78, 5) is 26.9. The van der Waals surface area contributed by atoms with Crippen LogP contribution >= 0.6 is 0 Å². The fourth-order valence-electron chi connectivity index (χ4n) is 3.18. The van der Waals surface area contributed by atoms with Crippen LogP contribution in [0.1, 0.15) is 26.2 Å². The molecule has 2 rings (SSSR count). The van der Waals surface area contributed by atoms with E-state index in [0.717, 1.165) is 25.9 Å². The molecule has 0 aromatic carbocycles. The number of rotatable bonds is 2. The molecule has 2 amide bonds. The molecular weight excluding hydrogens is 246 g/mol. The zero-order valence-electron chi connectivity index (χ0n) is 11.6. The Hall–Kier alpha value is -1.30. The van der Waals surface area contributed by atoms with Crippen molar-refractivity contribution in [1.82, 2.24) is 15.1 Å². The van der Waals surface area contributed by atoms with Crippen molar-refractivity contribution < 1.29 is 14.7 Å². The second-order valence-corrected chi connectivity index (χ2v) is 5.69. The number of hydrogen-bond donors (Lipinski definition) is 2. The van der Waals surface area contributed by atoms with Crippen molar-refractivity contribution in [2.24, 2.45) is 5.92 Å². The van der Waals surface area contributed by atoms with Crippen LogP contribution in [0, 0.1) is 5.92 Å². The van der Waals surface area contributed by atoms with E-state index in [9.17, 15) is 9.59 Å². The maximum atomic E-state index is 12.0. The minimum absolute atomic E-state index is 0.249. The molecule has 19 heavy (non-hydrogen) atoms. The van der Waals surface area contributed by atoms with Crippen molar-refractivity contribution in [2.75, 3.05) is 26.7 Å². The van der Waals surface area contributed by atoms with E-state index in [2.05, 4.69) is 17.3 Å². The predicted octanol–water partition coefficient (Wildman–Crippen LogP) is 0.585. The molecule has 6 heteroatoms. The van der Waals surface area contributed by atoms with Gasteiger partial charge in [0, 0.05) is 19.1 Å². The highest BCUT2D eigenvalue weighted by Gasteiger charge is 2.36.